The van der Waals surface area contributed by atoms with Crippen LogP contribution in [0.2, 0.25) is 0 Å². The van der Waals surface area contributed by atoms with Crippen molar-refractivity contribution in [3.8, 4) is 0 Å². The van der Waals surface area contributed by atoms with Crippen molar-refractivity contribution >= 4 is 11.6 Å². The standard InChI is InChI=1S/C14H24N4O/c1-10-5-4-6-14(8-10,9-19)18-13-7-12(15-3)16-11(2)17-13/h7,10,19H,4-6,8-9H2,1-3H3,(H2,15,16,17,18). The van der Waals surface area contributed by atoms with Crippen LogP contribution in [0.1, 0.15) is 38.4 Å². The van der Waals surface area contributed by atoms with Gasteiger partial charge in [-0.2, -0.15) is 0 Å². The van der Waals surface area contributed by atoms with Gasteiger partial charge in [-0.05, 0) is 25.7 Å². The molecule has 0 aromatic carbocycles. The Labute approximate surface area is 114 Å². The number of aliphatic hydroxyl groups is 1. The largest absolute Gasteiger partial charge is 0.394 e. The fourth-order valence-electron chi connectivity index (χ4n) is 2.99. The van der Waals surface area contributed by atoms with Gasteiger partial charge in [0.15, 0.2) is 0 Å². The van der Waals surface area contributed by atoms with E-state index in [2.05, 4.69) is 27.5 Å². The van der Waals surface area contributed by atoms with Gasteiger partial charge in [0.05, 0.1) is 12.1 Å². The van der Waals surface area contributed by atoms with E-state index >= 15 is 0 Å². The van der Waals surface area contributed by atoms with Crippen LogP contribution < -0.4 is 10.6 Å². The third kappa shape index (κ3) is 3.35. The molecule has 1 aromatic heterocycles. The molecule has 2 rings (SSSR count). The maximum absolute atomic E-state index is 9.79. The number of hydrogen-bond acceptors (Lipinski definition) is 5. The summed E-state index contributed by atoms with van der Waals surface area (Å²) in [5.41, 5.74) is -0.233. The molecule has 0 spiro atoms. The van der Waals surface area contributed by atoms with Crippen LogP contribution in [0.25, 0.3) is 0 Å². The zero-order valence-corrected chi connectivity index (χ0v) is 12.0. The maximum Gasteiger partial charge on any atom is 0.132 e. The van der Waals surface area contributed by atoms with Gasteiger partial charge in [-0.25, -0.2) is 9.97 Å². The lowest BCUT2D eigenvalue weighted by Crippen LogP contribution is -2.46. The minimum absolute atomic E-state index is 0.148. The van der Waals surface area contributed by atoms with Crippen molar-refractivity contribution in [2.24, 2.45) is 5.92 Å². The molecule has 106 valence electrons. The summed E-state index contributed by atoms with van der Waals surface area (Å²) in [7, 11) is 1.84. The molecule has 3 N–H and O–H groups in total. The predicted octanol–water partition coefficient (Wildman–Crippen LogP) is 2.18. The van der Waals surface area contributed by atoms with Crippen molar-refractivity contribution in [1.29, 1.82) is 0 Å². The summed E-state index contributed by atoms with van der Waals surface area (Å²) in [6.07, 6.45) is 4.37. The van der Waals surface area contributed by atoms with Crippen molar-refractivity contribution in [1.82, 2.24) is 9.97 Å². The first-order valence-corrected chi connectivity index (χ1v) is 6.99. The van der Waals surface area contributed by atoms with E-state index in [1.54, 1.807) is 0 Å². The molecule has 1 saturated carbocycles. The average molecular weight is 264 g/mol. The van der Waals surface area contributed by atoms with Crippen LogP contribution in [0.15, 0.2) is 6.07 Å². The lowest BCUT2D eigenvalue weighted by atomic mass is 9.77. The lowest BCUT2D eigenvalue weighted by molar-refractivity contribution is 0.149. The van der Waals surface area contributed by atoms with Crippen LogP contribution in [0, 0.1) is 12.8 Å². The SMILES string of the molecule is CNc1cc(NC2(CO)CCCC(C)C2)nc(C)n1. The quantitative estimate of drug-likeness (QED) is 0.777. The Kier molecular flexibility index (Phi) is 4.24. The molecule has 5 heteroatoms. The Bertz CT molecular complexity index is 437. The molecule has 0 bridgehead atoms. The molecular weight excluding hydrogens is 240 g/mol. The maximum atomic E-state index is 9.79. The second-order valence-corrected chi connectivity index (χ2v) is 5.70. The Morgan fingerprint density at radius 3 is 2.79 bits per heavy atom. The van der Waals surface area contributed by atoms with Gasteiger partial charge in [-0.15, -0.1) is 0 Å². The van der Waals surface area contributed by atoms with Crippen molar-refractivity contribution in [3.63, 3.8) is 0 Å². The highest BCUT2D eigenvalue weighted by atomic mass is 16.3. The molecule has 1 heterocycles. The van der Waals surface area contributed by atoms with Gasteiger partial charge in [0, 0.05) is 13.1 Å². The first kappa shape index (κ1) is 14.1. The third-order valence-corrected chi connectivity index (χ3v) is 3.88. The molecule has 2 unspecified atom stereocenters. The number of hydrogen-bond donors (Lipinski definition) is 3. The summed E-state index contributed by atoms with van der Waals surface area (Å²) in [6, 6.07) is 1.89. The van der Waals surface area contributed by atoms with Crippen molar-refractivity contribution in [3.05, 3.63) is 11.9 Å². The zero-order valence-electron chi connectivity index (χ0n) is 12.0. The van der Waals surface area contributed by atoms with E-state index in [4.69, 9.17) is 0 Å². The number of aliphatic hydroxyl groups excluding tert-OH is 1. The molecule has 0 saturated heterocycles. The Hall–Kier alpha value is -1.36. The molecule has 19 heavy (non-hydrogen) atoms. The highest BCUT2D eigenvalue weighted by Gasteiger charge is 2.34. The minimum Gasteiger partial charge on any atom is -0.394 e. The van der Waals surface area contributed by atoms with E-state index in [-0.39, 0.29) is 12.1 Å². The van der Waals surface area contributed by atoms with Crippen LogP contribution in [0.3, 0.4) is 0 Å². The number of aryl methyl sites for hydroxylation is 1. The zero-order chi connectivity index (χ0) is 13.9. The summed E-state index contributed by atoms with van der Waals surface area (Å²) in [6.45, 7) is 4.27. The third-order valence-electron chi connectivity index (χ3n) is 3.88. The summed E-state index contributed by atoms with van der Waals surface area (Å²) >= 11 is 0. The molecule has 0 radical (unpaired) electrons. The van der Waals surface area contributed by atoms with Crippen LogP contribution >= 0.6 is 0 Å². The first-order chi connectivity index (χ1) is 9.07. The summed E-state index contributed by atoms with van der Waals surface area (Å²) in [5.74, 6) is 2.96. The molecule has 1 aromatic rings. The van der Waals surface area contributed by atoms with E-state index in [0.29, 0.717) is 5.92 Å². The van der Waals surface area contributed by atoms with E-state index in [9.17, 15) is 5.11 Å². The molecule has 0 aliphatic heterocycles. The second kappa shape index (κ2) is 5.74. The fraction of sp³-hybridized carbons (Fsp3) is 0.714. The van der Waals surface area contributed by atoms with Gasteiger partial charge in [-0.1, -0.05) is 19.8 Å². The number of rotatable bonds is 4. The topological polar surface area (TPSA) is 70.1 Å². The average Bonchev–Trinajstić information content (AvgIpc) is 2.38. The lowest BCUT2D eigenvalue weighted by Gasteiger charge is -2.39. The summed E-state index contributed by atoms with van der Waals surface area (Å²) in [5, 5.41) is 16.3. The molecule has 5 nitrogen and oxygen atoms in total. The van der Waals surface area contributed by atoms with Crippen LogP contribution in [-0.4, -0.2) is 34.3 Å². The van der Waals surface area contributed by atoms with Crippen molar-refractivity contribution in [2.45, 2.75) is 45.1 Å². The fourth-order valence-corrected chi connectivity index (χ4v) is 2.99. The Morgan fingerprint density at radius 2 is 2.16 bits per heavy atom. The molecule has 0 amide bonds. The van der Waals surface area contributed by atoms with E-state index < -0.39 is 0 Å². The smallest absolute Gasteiger partial charge is 0.132 e. The second-order valence-electron chi connectivity index (χ2n) is 5.70. The van der Waals surface area contributed by atoms with Crippen molar-refractivity contribution < 1.29 is 5.11 Å². The number of aromatic nitrogens is 2. The summed E-state index contributed by atoms with van der Waals surface area (Å²) < 4.78 is 0. The highest BCUT2D eigenvalue weighted by molar-refractivity contribution is 5.48. The van der Waals surface area contributed by atoms with E-state index in [1.165, 1.54) is 6.42 Å². The monoisotopic (exact) mass is 264 g/mol. The van der Waals surface area contributed by atoms with Gasteiger partial charge < -0.3 is 15.7 Å². The van der Waals surface area contributed by atoms with Crippen LogP contribution in [-0.2, 0) is 0 Å². The Balaban J connectivity index is 2.20. The Morgan fingerprint density at radius 1 is 1.42 bits per heavy atom. The van der Waals surface area contributed by atoms with Crippen LogP contribution in [0.5, 0.6) is 0 Å². The first-order valence-electron chi connectivity index (χ1n) is 6.99. The summed E-state index contributed by atoms with van der Waals surface area (Å²) in [4.78, 5) is 8.70. The molecule has 1 fully saturated rings. The minimum atomic E-state index is -0.233. The van der Waals surface area contributed by atoms with E-state index in [1.807, 2.05) is 20.0 Å². The van der Waals surface area contributed by atoms with Gasteiger partial charge in [0.2, 0.25) is 0 Å². The van der Waals surface area contributed by atoms with Crippen LogP contribution in [0.4, 0.5) is 11.6 Å². The predicted molar refractivity (Wildman–Crippen MR) is 77.4 cm³/mol. The van der Waals surface area contributed by atoms with Gasteiger partial charge in [0.25, 0.3) is 0 Å². The van der Waals surface area contributed by atoms with Gasteiger partial charge in [0.1, 0.15) is 17.5 Å². The van der Waals surface area contributed by atoms with E-state index in [0.717, 1.165) is 36.7 Å². The normalized spacial score (nSPS) is 27.1. The number of nitrogens with zero attached hydrogens (tertiary/aromatic N) is 2. The molecule has 2 atom stereocenters. The molecule has 1 aliphatic rings. The molecular formula is C14H24N4O. The number of anilines is 2. The van der Waals surface area contributed by atoms with Gasteiger partial charge in [-0.3, -0.25) is 0 Å². The van der Waals surface area contributed by atoms with Gasteiger partial charge >= 0.3 is 0 Å². The number of nitrogens with one attached hydrogen (secondary N) is 2. The highest BCUT2D eigenvalue weighted by Crippen LogP contribution is 2.34. The molecule has 1 aliphatic carbocycles. The van der Waals surface area contributed by atoms with Crippen molar-refractivity contribution in [2.75, 3.05) is 24.3 Å².